The Morgan fingerprint density at radius 2 is 2.08 bits per heavy atom. The first-order valence-corrected chi connectivity index (χ1v) is 8.60. The van der Waals surface area contributed by atoms with E-state index in [1.54, 1.807) is 11.7 Å². The molecule has 1 aromatic carbocycles. The van der Waals surface area contributed by atoms with Gasteiger partial charge >= 0.3 is 5.63 Å². The Balaban J connectivity index is 2.03. The molecular formula is C20H17NO5. The zero-order valence-corrected chi connectivity index (χ0v) is 14.5. The summed E-state index contributed by atoms with van der Waals surface area (Å²) in [4.78, 5) is 25.1. The first-order valence-electron chi connectivity index (χ1n) is 8.60. The van der Waals surface area contributed by atoms with Crippen LogP contribution in [-0.4, -0.2) is 16.8 Å². The Labute approximate surface area is 148 Å². The van der Waals surface area contributed by atoms with Crippen LogP contribution in [0.25, 0.3) is 16.7 Å². The maximum atomic E-state index is 13.3. The van der Waals surface area contributed by atoms with Crippen molar-refractivity contribution in [2.75, 3.05) is 7.11 Å². The number of aromatic hydroxyl groups is 1. The maximum absolute atomic E-state index is 13.3. The second-order valence-electron chi connectivity index (χ2n) is 7.19. The molecule has 6 nitrogen and oxygen atoms in total. The number of methoxy groups -OCH3 is 1. The molecule has 1 aliphatic carbocycles. The summed E-state index contributed by atoms with van der Waals surface area (Å²) in [7, 11) is 1.62. The molecule has 1 unspecified atom stereocenters. The second-order valence-corrected chi connectivity index (χ2v) is 7.19. The lowest BCUT2D eigenvalue weighted by Crippen LogP contribution is -2.31. The molecule has 6 heteroatoms. The SMILES string of the molecule is COc1ccc2c(c1)C1(C)CCCc3c1n-2c(=O)c1c(O)cc(=O)oc31. The molecule has 1 N–H and O–H groups in total. The Morgan fingerprint density at radius 3 is 2.85 bits per heavy atom. The van der Waals surface area contributed by atoms with Crippen LogP contribution < -0.4 is 15.9 Å². The van der Waals surface area contributed by atoms with Crippen LogP contribution in [0, 0.1) is 0 Å². The Hall–Kier alpha value is -3.02. The van der Waals surface area contributed by atoms with E-state index in [2.05, 4.69) is 6.92 Å². The summed E-state index contributed by atoms with van der Waals surface area (Å²) in [5.41, 5.74) is 2.34. The van der Waals surface area contributed by atoms with Gasteiger partial charge in [0.1, 0.15) is 16.9 Å². The predicted octanol–water partition coefficient (Wildman–Crippen LogP) is 2.61. The summed E-state index contributed by atoms with van der Waals surface area (Å²) in [5.74, 6) is 0.402. The van der Waals surface area contributed by atoms with Crippen LogP contribution in [0.4, 0.5) is 0 Å². The number of benzene rings is 1. The van der Waals surface area contributed by atoms with Gasteiger partial charge in [-0.05, 0) is 49.9 Å². The fourth-order valence-electron chi connectivity index (χ4n) is 4.68. The van der Waals surface area contributed by atoms with Gasteiger partial charge in [-0.3, -0.25) is 9.36 Å². The molecule has 2 aliphatic rings. The van der Waals surface area contributed by atoms with Gasteiger partial charge in [0.2, 0.25) is 0 Å². The zero-order chi connectivity index (χ0) is 18.2. The van der Waals surface area contributed by atoms with Crippen LogP contribution in [0.5, 0.6) is 11.5 Å². The normalized spacial score (nSPS) is 20.1. The molecule has 0 bridgehead atoms. The molecule has 0 saturated heterocycles. The van der Waals surface area contributed by atoms with Crippen molar-refractivity contribution in [3.63, 3.8) is 0 Å². The molecule has 0 radical (unpaired) electrons. The van der Waals surface area contributed by atoms with E-state index in [0.717, 1.165) is 47.2 Å². The van der Waals surface area contributed by atoms with Crippen molar-refractivity contribution >= 4 is 11.0 Å². The highest BCUT2D eigenvalue weighted by molar-refractivity contribution is 5.87. The van der Waals surface area contributed by atoms with Gasteiger partial charge in [-0.15, -0.1) is 0 Å². The van der Waals surface area contributed by atoms with E-state index in [1.807, 2.05) is 18.2 Å². The van der Waals surface area contributed by atoms with Crippen LogP contribution in [0.2, 0.25) is 0 Å². The third-order valence-electron chi connectivity index (χ3n) is 5.81. The lowest BCUT2D eigenvalue weighted by molar-refractivity contribution is 0.410. The first-order chi connectivity index (χ1) is 12.5. The fraction of sp³-hybridized carbons (Fsp3) is 0.300. The number of rotatable bonds is 1. The first kappa shape index (κ1) is 15.3. The fourth-order valence-corrected chi connectivity index (χ4v) is 4.68. The number of ether oxygens (including phenoxy) is 1. The van der Waals surface area contributed by atoms with Crippen LogP contribution >= 0.6 is 0 Å². The van der Waals surface area contributed by atoms with Crippen molar-refractivity contribution in [2.24, 2.45) is 0 Å². The summed E-state index contributed by atoms with van der Waals surface area (Å²) in [6.45, 7) is 2.11. The summed E-state index contributed by atoms with van der Waals surface area (Å²) >= 11 is 0. The molecule has 3 aromatic rings. The van der Waals surface area contributed by atoms with Gasteiger partial charge in [-0.1, -0.05) is 0 Å². The number of hydrogen-bond donors (Lipinski definition) is 1. The highest BCUT2D eigenvalue weighted by atomic mass is 16.5. The van der Waals surface area contributed by atoms with Gasteiger partial charge in [0.05, 0.1) is 18.9 Å². The van der Waals surface area contributed by atoms with Gasteiger partial charge < -0.3 is 14.3 Å². The molecule has 1 aliphatic heterocycles. The van der Waals surface area contributed by atoms with E-state index in [0.29, 0.717) is 6.42 Å². The quantitative estimate of drug-likeness (QED) is 0.729. The minimum atomic E-state index is -0.653. The lowest BCUT2D eigenvalue weighted by Gasteiger charge is -2.32. The minimum absolute atomic E-state index is 0.0660. The largest absolute Gasteiger partial charge is 0.507 e. The molecule has 0 spiro atoms. The highest BCUT2D eigenvalue weighted by Gasteiger charge is 2.45. The summed E-state index contributed by atoms with van der Waals surface area (Å²) in [6, 6.07) is 6.63. The molecule has 0 amide bonds. The predicted molar refractivity (Wildman–Crippen MR) is 95.7 cm³/mol. The second kappa shape index (κ2) is 4.78. The van der Waals surface area contributed by atoms with Gasteiger partial charge in [0.25, 0.3) is 5.56 Å². The minimum Gasteiger partial charge on any atom is -0.507 e. The van der Waals surface area contributed by atoms with Crippen molar-refractivity contribution in [2.45, 2.75) is 31.6 Å². The summed E-state index contributed by atoms with van der Waals surface area (Å²) < 4.78 is 12.4. The van der Waals surface area contributed by atoms with Gasteiger partial charge in [0, 0.05) is 16.7 Å². The van der Waals surface area contributed by atoms with Gasteiger partial charge in [-0.25, -0.2) is 4.79 Å². The average Bonchev–Trinajstić information content (AvgIpc) is 2.88. The number of fused-ring (bicyclic) bond motifs is 5. The van der Waals surface area contributed by atoms with Gasteiger partial charge in [-0.2, -0.15) is 0 Å². The van der Waals surface area contributed by atoms with Crippen LogP contribution in [-0.2, 0) is 11.8 Å². The Bertz CT molecular complexity index is 1220. The summed E-state index contributed by atoms with van der Waals surface area (Å²) in [5, 5.41) is 10.3. The third-order valence-corrected chi connectivity index (χ3v) is 5.81. The molecule has 5 rings (SSSR count). The molecule has 1 atom stereocenters. The van der Waals surface area contributed by atoms with E-state index < -0.39 is 5.63 Å². The van der Waals surface area contributed by atoms with Gasteiger partial charge in [0.15, 0.2) is 5.58 Å². The number of nitrogens with zero attached hydrogens (tertiary/aromatic N) is 1. The molecule has 0 saturated carbocycles. The standard InChI is InChI=1S/C20H17NO5/c1-20-7-3-4-11-17-16(14(22)9-15(23)26-17)19(24)21(18(11)20)13-6-5-10(25-2)8-12(13)20/h5-6,8-9,22H,3-4,7H2,1-2H3. The Morgan fingerprint density at radius 1 is 1.27 bits per heavy atom. The van der Waals surface area contributed by atoms with E-state index in [9.17, 15) is 14.7 Å². The van der Waals surface area contributed by atoms with E-state index in [4.69, 9.17) is 9.15 Å². The molecule has 26 heavy (non-hydrogen) atoms. The van der Waals surface area contributed by atoms with Crippen LogP contribution in [0.3, 0.4) is 0 Å². The van der Waals surface area contributed by atoms with Crippen molar-refractivity contribution in [3.05, 3.63) is 61.9 Å². The van der Waals surface area contributed by atoms with Crippen LogP contribution in [0.1, 0.15) is 36.6 Å². The Kier molecular flexibility index (Phi) is 2.81. The number of hydrogen-bond acceptors (Lipinski definition) is 5. The van der Waals surface area contributed by atoms with E-state index in [-0.39, 0.29) is 27.7 Å². The molecular weight excluding hydrogens is 334 g/mol. The molecule has 2 aromatic heterocycles. The van der Waals surface area contributed by atoms with Crippen molar-refractivity contribution in [1.29, 1.82) is 0 Å². The molecule has 132 valence electrons. The van der Waals surface area contributed by atoms with E-state index in [1.165, 1.54) is 0 Å². The smallest absolute Gasteiger partial charge is 0.339 e. The third kappa shape index (κ3) is 1.66. The molecule has 3 heterocycles. The van der Waals surface area contributed by atoms with Crippen molar-refractivity contribution < 1.29 is 14.3 Å². The number of pyridine rings is 1. The average molecular weight is 351 g/mol. The lowest BCUT2D eigenvalue weighted by atomic mass is 9.71. The van der Waals surface area contributed by atoms with Crippen molar-refractivity contribution in [1.82, 2.24) is 4.57 Å². The monoisotopic (exact) mass is 351 g/mol. The number of aromatic nitrogens is 1. The maximum Gasteiger partial charge on any atom is 0.339 e. The topological polar surface area (TPSA) is 81.7 Å². The zero-order valence-electron chi connectivity index (χ0n) is 14.5. The summed E-state index contributed by atoms with van der Waals surface area (Å²) in [6.07, 6.45) is 2.47. The number of aryl methyl sites for hydroxylation is 1. The molecule has 0 fully saturated rings. The van der Waals surface area contributed by atoms with E-state index >= 15 is 0 Å². The van der Waals surface area contributed by atoms with Crippen molar-refractivity contribution in [3.8, 4) is 17.2 Å². The van der Waals surface area contributed by atoms with Crippen LogP contribution in [0.15, 0.2) is 38.3 Å². The highest BCUT2D eigenvalue weighted by Crippen LogP contribution is 2.51.